The molecule has 3 rings (SSSR count). The Morgan fingerprint density at radius 3 is 1.62 bits per heavy atom. The third-order valence-corrected chi connectivity index (χ3v) is 4.05. The van der Waals surface area contributed by atoms with Gasteiger partial charge >= 0.3 is 11.9 Å². The summed E-state index contributed by atoms with van der Waals surface area (Å²) >= 11 is 0. The molecule has 3 aromatic rings. The molecular formula is C23H21NO5. The van der Waals surface area contributed by atoms with Gasteiger partial charge in [0, 0.05) is 11.1 Å². The molecule has 0 heterocycles. The van der Waals surface area contributed by atoms with Gasteiger partial charge in [0.2, 0.25) is 0 Å². The maximum Gasteiger partial charge on any atom is 0.335 e. The fourth-order valence-corrected chi connectivity index (χ4v) is 2.48. The zero-order valence-electron chi connectivity index (χ0n) is 15.6. The molecule has 0 saturated heterocycles. The van der Waals surface area contributed by atoms with Crippen LogP contribution in [0, 0.1) is 0 Å². The Morgan fingerprint density at radius 2 is 1.14 bits per heavy atom. The van der Waals surface area contributed by atoms with Crippen LogP contribution in [-0.4, -0.2) is 34.0 Å². The molecule has 6 nitrogen and oxygen atoms in total. The standard InChI is InChI=1S/C14H10O3.C9H11NO2/c15-13(10-4-2-1-3-5-10)11-6-8-12(9-7-11)14(16)17;10-8(9(11)12)6-7-4-2-1-3-5-7/h1-9H,(H,16,17);1-5,8H,6,10H2,(H,11,12). The number of benzene rings is 3. The van der Waals surface area contributed by atoms with Crippen molar-refractivity contribution in [2.45, 2.75) is 12.5 Å². The monoisotopic (exact) mass is 391 g/mol. The topological polar surface area (TPSA) is 118 Å². The number of hydrogen-bond acceptors (Lipinski definition) is 4. The lowest BCUT2D eigenvalue weighted by Crippen LogP contribution is -2.32. The molecule has 29 heavy (non-hydrogen) atoms. The maximum atomic E-state index is 12.0. The first-order valence-electron chi connectivity index (χ1n) is 8.84. The Kier molecular flexibility index (Phi) is 7.82. The average molecular weight is 391 g/mol. The van der Waals surface area contributed by atoms with E-state index in [4.69, 9.17) is 15.9 Å². The van der Waals surface area contributed by atoms with Gasteiger partial charge in [0.15, 0.2) is 5.78 Å². The number of aromatic carboxylic acids is 1. The van der Waals surface area contributed by atoms with Crippen LogP contribution in [0.2, 0.25) is 0 Å². The SMILES string of the molecule is NC(Cc1ccccc1)C(=O)O.O=C(O)c1ccc(C(=O)c2ccccc2)cc1. The van der Waals surface area contributed by atoms with Crippen LogP contribution in [0.5, 0.6) is 0 Å². The van der Waals surface area contributed by atoms with E-state index >= 15 is 0 Å². The minimum Gasteiger partial charge on any atom is -0.480 e. The average Bonchev–Trinajstić information content (AvgIpc) is 2.75. The molecule has 1 atom stereocenters. The minimum absolute atomic E-state index is 0.109. The molecule has 0 fully saturated rings. The van der Waals surface area contributed by atoms with Crippen LogP contribution >= 0.6 is 0 Å². The molecule has 3 aromatic carbocycles. The van der Waals surface area contributed by atoms with Crippen molar-refractivity contribution in [3.05, 3.63) is 107 Å². The summed E-state index contributed by atoms with van der Waals surface area (Å²) in [5.41, 5.74) is 7.56. The molecule has 0 saturated carbocycles. The van der Waals surface area contributed by atoms with Gasteiger partial charge < -0.3 is 15.9 Å². The van der Waals surface area contributed by atoms with E-state index in [2.05, 4.69) is 0 Å². The Balaban J connectivity index is 0.000000221. The van der Waals surface area contributed by atoms with Gasteiger partial charge in [0.1, 0.15) is 6.04 Å². The van der Waals surface area contributed by atoms with Gasteiger partial charge in [-0.2, -0.15) is 0 Å². The molecule has 0 aliphatic heterocycles. The first-order chi connectivity index (χ1) is 13.9. The van der Waals surface area contributed by atoms with E-state index < -0.39 is 18.0 Å². The van der Waals surface area contributed by atoms with Gasteiger partial charge in [-0.05, 0) is 24.1 Å². The van der Waals surface area contributed by atoms with E-state index in [1.807, 2.05) is 36.4 Å². The molecule has 0 aliphatic carbocycles. The Morgan fingerprint density at radius 1 is 0.690 bits per heavy atom. The summed E-state index contributed by atoms with van der Waals surface area (Å²) in [7, 11) is 0. The second kappa shape index (κ2) is 10.5. The van der Waals surface area contributed by atoms with E-state index in [0.29, 0.717) is 17.5 Å². The predicted molar refractivity (Wildman–Crippen MR) is 109 cm³/mol. The van der Waals surface area contributed by atoms with E-state index in [9.17, 15) is 14.4 Å². The van der Waals surface area contributed by atoms with Crippen LogP contribution in [-0.2, 0) is 11.2 Å². The predicted octanol–water partition coefficient (Wildman–Crippen LogP) is 3.26. The number of carboxylic acid groups (broad SMARTS) is 2. The second-order valence-electron chi connectivity index (χ2n) is 6.21. The van der Waals surface area contributed by atoms with Gasteiger partial charge in [-0.25, -0.2) is 4.79 Å². The molecule has 0 bridgehead atoms. The van der Waals surface area contributed by atoms with E-state index in [0.717, 1.165) is 5.56 Å². The number of carbonyl (C=O) groups is 3. The number of ketones is 1. The Hall–Kier alpha value is -3.77. The normalized spacial score (nSPS) is 10.9. The third-order valence-electron chi connectivity index (χ3n) is 4.05. The molecule has 1 unspecified atom stereocenters. The zero-order valence-corrected chi connectivity index (χ0v) is 15.6. The smallest absolute Gasteiger partial charge is 0.335 e. The highest BCUT2D eigenvalue weighted by Crippen LogP contribution is 2.11. The lowest BCUT2D eigenvalue weighted by Gasteiger charge is -2.04. The van der Waals surface area contributed by atoms with Crippen LogP contribution in [0.3, 0.4) is 0 Å². The van der Waals surface area contributed by atoms with Crippen molar-refractivity contribution >= 4 is 17.7 Å². The molecular weight excluding hydrogens is 370 g/mol. The van der Waals surface area contributed by atoms with Crippen molar-refractivity contribution in [1.82, 2.24) is 0 Å². The summed E-state index contributed by atoms with van der Waals surface area (Å²) in [6.07, 6.45) is 0.385. The lowest BCUT2D eigenvalue weighted by molar-refractivity contribution is -0.138. The summed E-state index contributed by atoms with van der Waals surface area (Å²) in [6, 6.07) is 23.3. The molecule has 6 heteroatoms. The molecule has 0 amide bonds. The first kappa shape index (κ1) is 21.5. The van der Waals surface area contributed by atoms with Gasteiger partial charge in [0.05, 0.1) is 5.56 Å². The summed E-state index contributed by atoms with van der Waals surface area (Å²) in [5.74, 6) is -2.06. The fraction of sp³-hybridized carbons (Fsp3) is 0.0870. The number of carbonyl (C=O) groups excluding carboxylic acids is 1. The Labute approximate surface area is 168 Å². The van der Waals surface area contributed by atoms with Crippen LogP contribution < -0.4 is 5.73 Å². The first-order valence-corrected chi connectivity index (χ1v) is 8.84. The van der Waals surface area contributed by atoms with Crippen molar-refractivity contribution in [1.29, 1.82) is 0 Å². The zero-order chi connectivity index (χ0) is 21.2. The van der Waals surface area contributed by atoms with Crippen molar-refractivity contribution in [2.75, 3.05) is 0 Å². The summed E-state index contributed by atoms with van der Waals surface area (Å²) in [4.78, 5) is 33.0. The molecule has 4 N–H and O–H groups in total. The molecule has 148 valence electrons. The van der Waals surface area contributed by atoms with Gasteiger partial charge in [0.25, 0.3) is 0 Å². The molecule has 0 aliphatic rings. The second-order valence-corrected chi connectivity index (χ2v) is 6.21. The fourth-order valence-electron chi connectivity index (χ4n) is 2.48. The highest BCUT2D eigenvalue weighted by atomic mass is 16.4. The van der Waals surface area contributed by atoms with Crippen LogP contribution in [0.15, 0.2) is 84.9 Å². The number of rotatable bonds is 6. The number of hydrogen-bond donors (Lipinski definition) is 3. The van der Waals surface area contributed by atoms with Crippen molar-refractivity contribution in [3.8, 4) is 0 Å². The lowest BCUT2D eigenvalue weighted by atomic mass is 10.0. The van der Waals surface area contributed by atoms with E-state index in [1.54, 1.807) is 24.3 Å². The third kappa shape index (κ3) is 6.71. The van der Waals surface area contributed by atoms with E-state index in [1.165, 1.54) is 24.3 Å². The highest BCUT2D eigenvalue weighted by Gasteiger charge is 2.11. The maximum absolute atomic E-state index is 12.0. The van der Waals surface area contributed by atoms with Crippen LogP contribution in [0.1, 0.15) is 31.8 Å². The Bertz CT molecular complexity index is 954. The summed E-state index contributed by atoms with van der Waals surface area (Å²) in [5, 5.41) is 17.3. The number of carboxylic acids is 2. The highest BCUT2D eigenvalue weighted by molar-refractivity contribution is 6.09. The molecule has 0 aromatic heterocycles. The molecule has 0 radical (unpaired) electrons. The minimum atomic E-state index is -0.997. The molecule has 0 spiro atoms. The van der Waals surface area contributed by atoms with Gasteiger partial charge in [-0.15, -0.1) is 0 Å². The van der Waals surface area contributed by atoms with Crippen molar-refractivity contribution in [2.24, 2.45) is 5.73 Å². The van der Waals surface area contributed by atoms with Crippen molar-refractivity contribution < 1.29 is 24.6 Å². The summed E-state index contributed by atoms with van der Waals surface area (Å²) in [6.45, 7) is 0. The number of nitrogens with two attached hydrogens (primary N) is 1. The van der Waals surface area contributed by atoms with Crippen molar-refractivity contribution in [3.63, 3.8) is 0 Å². The largest absolute Gasteiger partial charge is 0.480 e. The van der Waals surface area contributed by atoms with Gasteiger partial charge in [-0.3, -0.25) is 9.59 Å². The summed E-state index contributed by atoms with van der Waals surface area (Å²) < 4.78 is 0. The quantitative estimate of drug-likeness (QED) is 0.555. The number of aliphatic carboxylic acids is 1. The van der Waals surface area contributed by atoms with Crippen LogP contribution in [0.25, 0.3) is 0 Å². The van der Waals surface area contributed by atoms with E-state index in [-0.39, 0.29) is 11.3 Å². The van der Waals surface area contributed by atoms with Gasteiger partial charge in [-0.1, -0.05) is 72.8 Å². The van der Waals surface area contributed by atoms with Crippen LogP contribution in [0.4, 0.5) is 0 Å².